The van der Waals surface area contributed by atoms with Crippen LogP contribution in [0.4, 0.5) is 5.69 Å². The van der Waals surface area contributed by atoms with Crippen LogP contribution in [-0.2, 0) is 0 Å². The molecule has 1 aliphatic heterocycles. The second-order valence-electron chi connectivity index (χ2n) is 7.18. The SMILES string of the molecule is CC(C)Nc1ccc(-c2c3ccc(=O)cc-3oc3cc(O)ccc23)c(C(=O)O)c1. The fraction of sp³-hybridized carbons (Fsp3) is 0.130. The molecule has 0 saturated carbocycles. The van der Waals surface area contributed by atoms with Crippen molar-refractivity contribution in [3.8, 4) is 28.2 Å². The Morgan fingerprint density at radius 2 is 1.76 bits per heavy atom. The van der Waals surface area contributed by atoms with E-state index >= 15 is 0 Å². The number of fused-ring (bicyclic) bond motifs is 2. The maximum Gasteiger partial charge on any atom is 0.336 e. The first-order valence-corrected chi connectivity index (χ1v) is 9.17. The van der Waals surface area contributed by atoms with E-state index in [9.17, 15) is 19.8 Å². The lowest BCUT2D eigenvalue weighted by Gasteiger charge is -2.18. The van der Waals surface area contributed by atoms with Crippen LogP contribution in [0.15, 0.2) is 63.8 Å². The van der Waals surface area contributed by atoms with Gasteiger partial charge in [0.15, 0.2) is 5.43 Å². The fourth-order valence-electron chi connectivity index (χ4n) is 3.51. The van der Waals surface area contributed by atoms with Gasteiger partial charge in [-0.2, -0.15) is 0 Å². The second-order valence-corrected chi connectivity index (χ2v) is 7.18. The predicted molar refractivity (Wildman–Crippen MR) is 112 cm³/mol. The van der Waals surface area contributed by atoms with Gasteiger partial charge in [0.05, 0.1) is 5.56 Å². The minimum absolute atomic E-state index is 0.0137. The lowest BCUT2D eigenvalue weighted by molar-refractivity contribution is 0.0697. The third kappa shape index (κ3) is 3.40. The van der Waals surface area contributed by atoms with Gasteiger partial charge < -0.3 is 19.9 Å². The summed E-state index contributed by atoms with van der Waals surface area (Å²) >= 11 is 0. The Bertz CT molecular complexity index is 1270. The maximum absolute atomic E-state index is 12.1. The van der Waals surface area contributed by atoms with Crippen LogP contribution in [0.25, 0.3) is 33.4 Å². The molecule has 0 radical (unpaired) electrons. The third-order valence-corrected chi connectivity index (χ3v) is 4.65. The first kappa shape index (κ1) is 18.6. The van der Waals surface area contributed by atoms with Gasteiger partial charge in [-0.3, -0.25) is 4.79 Å². The molecular weight excluding hydrogens is 370 g/mol. The number of carboxylic acid groups (broad SMARTS) is 1. The first-order chi connectivity index (χ1) is 13.8. The van der Waals surface area contributed by atoms with E-state index in [-0.39, 0.29) is 22.8 Å². The van der Waals surface area contributed by atoms with E-state index in [1.54, 1.807) is 24.3 Å². The average Bonchev–Trinajstić information content (AvgIpc) is 2.65. The largest absolute Gasteiger partial charge is 0.508 e. The van der Waals surface area contributed by atoms with E-state index in [1.165, 1.54) is 24.3 Å². The van der Waals surface area contributed by atoms with Crippen LogP contribution < -0.4 is 10.7 Å². The van der Waals surface area contributed by atoms with Gasteiger partial charge in [0.2, 0.25) is 0 Å². The molecule has 6 heteroatoms. The molecule has 4 rings (SSSR count). The Kier molecular flexibility index (Phi) is 4.47. The van der Waals surface area contributed by atoms with Crippen molar-refractivity contribution in [2.45, 2.75) is 19.9 Å². The summed E-state index contributed by atoms with van der Waals surface area (Å²) in [7, 11) is 0. The molecule has 0 aromatic heterocycles. The summed E-state index contributed by atoms with van der Waals surface area (Å²) in [6.45, 7) is 3.95. The van der Waals surface area contributed by atoms with Gasteiger partial charge in [-0.1, -0.05) is 6.07 Å². The van der Waals surface area contributed by atoms with Gasteiger partial charge >= 0.3 is 5.97 Å². The summed E-state index contributed by atoms with van der Waals surface area (Å²) < 4.78 is 5.83. The normalized spacial score (nSPS) is 11.3. The topological polar surface area (TPSA) is 99.8 Å². The van der Waals surface area contributed by atoms with Crippen molar-refractivity contribution >= 4 is 22.6 Å². The summed E-state index contributed by atoms with van der Waals surface area (Å²) in [6, 6.07) is 14.4. The van der Waals surface area contributed by atoms with Crippen LogP contribution in [0.1, 0.15) is 24.2 Å². The highest BCUT2D eigenvalue weighted by Crippen LogP contribution is 2.42. The number of hydrogen-bond donors (Lipinski definition) is 3. The zero-order valence-electron chi connectivity index (χ0n) is 15.9. The Balaban J connectivity index is 2.09. The number of carboxylic acids is 1. The number of aromatic carboxylic acids is 1. The van der Waals surface area contributed by atoms with Crippen molar-refractivity contribution in [2.75, 3.05) is 5.32 Å². The Labute approximate surface area is 166 Å². The molecule has 2 aromatic rings. The molecule has 0 spiro atoms. The summed E-state index contributed by atoms with van der Waals surface area (Å²) in [5.74, 6) is -0.722. The van der Waals surface area contributed by atoms with Gasteiger partial charge in [-0.05, 0) is 55.8 Å². The fourth-order valence-corrected chi connectivity index (χ4v) is 3.51. The minimum Gasteiger partial charge on any atom is -0.508 e. The highest BCUT2D eigenvalue weighted by molar-refractivity contribution is 6.08. The smallest absolute Gasteiger partial charge is 0.336 e. The van der Waals surface area contributed by atoms with Gasteiger partial charge in [-0.15, -0.1) is 0 Å². The van der Waals surface area contributed by atoms with Gasteiger partial charge in [0.1, 0.15) is 17.1 Å². The Morgan fingerprint density at radius 1 is 1.00 bits per heavy atom. The monoisotopic (exact) mass is 389 g/mol. The molecule has 0 saturated heterocycles. The van der Waals surface area contributed by atoms with Crippen LogP contribution in [0.5, 0.6) is 5.75 Å². The zero-order chi connectivity index (χ0) is 20.7. The summed E-state index contributed by atoms with van der Waals surface area (Å²) in [6.07, 6.45) is 0. The Morgan fingerprint density at radius 3 is 2.48 bits per heavy atom. The van der Waals surface area contributed by atoms with Crippen molar-refractivity contribution in [3.05, 3.63) is 70.4 Å². The van der Waals surface area contributed by atoms with Gasteiger partial charge in [-0.25, -0.2) is 4.79 Å². The minimum atomic E-state index is -1.06. The maximum atomic E-state index is 12.1. The van der Waals surface area contributed by atoms with Crippen molar-refractivity contribution in [1.82, 2.24) is 0 Å². The van der Waals surface area contributed by atoms with Gasteiger partial charge in [0.25, 0.3) is 0 Å². The molecule has 6 nitrogen and oxygen atoms in total. The lowest BCUT2D eigenvalue weighted by atomic mass is 9.90. The van der Waals surface area contributed by atoms with E-state index in [0.29, 0.717) is 39.1 Å². The van der Waals surface area contributed by atoms with Crippen LogP contribution in [0, 0.1) is 0 Å². The molecule has 1 aliphatic carbocycles. The number of benzene rings is 3. The van der Waals surface area contributed by atoms with Crippen LogP contribution in [-0.4, -0.2) is 22.2 Å². The standard InChI is InChI=1S/C23H19NO5/c1-12(2)24-13-3-6-16(19(9-13)23(27)28)22-17-7-4-14(25)10-20(17)29-21-11-15(26)5-8-18(21)22/h3-12,24-25H,1-2H3,(H,27,28). The average molecular weight is 389 g/mol. The predicted octanol–water partition coefficient (Wildman–Crippen LogP) is 4.79. The lowest BCUT2D eigenvalue weighted by Crippen LogP contribution is -2.11. The summed E-state index contributed by atoms with van der Waals surface area (Å²) in [4.78, 5) is 23.9. The molecular formula is C23H19NO5. The molecule has 0 atom stereocenters. The number of carbonyl (C=O) groups is 1. The van der Waals surface area contributed by atoms with Crippen LogP contribution in [0.3, 0.4) is 0 Å². The molecule has 3 N–H and O–H groups in total. The summed E-state index contributed by atoms with van der Waals surface area (Å²) in [5.41, 5.74) is 2.73. The van der Waals surface area contributed by atoms with E-state index in [0.717, 1.165) is 0 Å². The van der Waals surface area contributed by atoms with Crippen molar-refractivity contribution in [3.63, 3.8) is 0 Å². The van der Waals surface area contributed by atoms with Crippen LogP contribution in [0.2, 0.25) is 0 Å². The molecule has 29 heavy (non-hydrogen) atoms. The molecule has 0 amide bonds. The molecule has 0 unspecified atom stereocenters. The number of hydrogen-bond acceptors (Lipinski definition) is 5. The number of aromatic hydroxyl groups is 1. The second kappa shape index (κ2) is 6.98. The molecule has 0 fully saturated rings. The molecule has 0 bridgehead atoms. The van der Waals surface area contributed by atoms with E-state index in [1.807, 2.05) is 19.9 Å². The molecule has 2 aromatic carbocycles. The number of phenols is 1. The first-order valence-electron chi connectivity index (χ1n) is 9.17. The highest BCUT2D eigenvalue weighted by Gasteiger charge is 2.22. The van der Waals surface area contributed by atoms with Crippen molar-refractivity contribution < 1.29 is 19.4 Å². The molecule has 2 aliphatic rings. The molecule has 146 valence electrons. The van der Waals surface area contributed by atoms with Crippen LogP contribution >= 0.6 is 0 Å². The number of nitrogens with one attached hydrogen (secondary N) is 1. The highest BCUT2D eigenvalue weighted by atomic mass is 16.4. The number of phenolic OH excluding ortho intramolecular Hbond substituents is 1. The van der Waals surface area contributed by atoms with Crippen molar-refractivity contribution in [2.24, 2.45) is 0 Å². The number of rotatable bonds is 4. The van der Waals surface area contributed by atoms with E-state index in [4.69, 9.17) is 4.42 Å². The zero-order valence-corrected chi connectivity index (χ0v) is 15.9. The van der Waals surface area contributed by atoms with E-state index < -0.39 is 5.97 Å². The van der Waals surface area contributed by atoms with Gasteiger partial charge in [0, 0.05) is 40.4 Å². The van der Waals surface area contributed by atoms with Crippen molar-refractivity contribution in [1.29, 1.82) is 0 Å². The van der Waals surface area contributed by atoms with E-state index in [2.05, 4.69) is 5.32 Å². The molecule has 1 heterocycles. The Hall–Kier alpha value is -3.80. The number of anilines is 1. The quantitative estimate of drug-likeness (QED) is 0.434. The summed E-state index contributed by atoms with van der Waals surface area (Å²) in [5, 5.41) is 23.6. The third-order valence-electron chi connectivity index (χ3n) is 4.65.